The van der Waals surface area contributed by atoms with Gasteiger partial charge in [0, 0.05) is 17.9 Å². The minimum absolute atomic E-state index is 0.223. The molecule has 3 aromatic rings. The van der Waals surface area contributed by atoms with Crippen LogP contribution in [0.25, 0.3) is 0 Å². The van der Waals surface area contributed by atoms with Gasteiger partial charge < -0.3 is 9.64 Å². The predicted octanol–water partition coefficient (Wildman–Crippen LogP) is 4.64. The highest BCUT2D eigenvalue weighted by Crippen LogP contribution is 2.46. The SMILES string of the molecule is COC(=O)C1c2ccccc2N(Cc2ccccc2)c2ccccc21. The smallest absolute Gasteiger partial charge is 0.317 e. The number of methoxy groups -OCH3 is 1. The maximum Gasteiger partial charge on any atom is 0.317 e. The van der Waals surface area contributed by atoms with Crippen molar-refractivity contribution >= 4 is 17.3 Å². The molecule has 124 valence electrons. The van der Waals surface area contributed by atoms with E-state index in [0.29, 0.717) is 0 Å². The van der Waals surface area contributed by atoms with Crippen LogP contribution < -0.4 is 4.90 Å². The van der Waals surface area contributed by atoms with E-state index < -0.39 is 0 Å². The molecular formula is C22H19NO2. The van der Waals surface area contributed by atoms with Crippen molar-refractivity contribution in [2.45, 2.75) is 12.5 Å². The summed E-state index contributed by atoms with van der Waals surface area (Å²) in [4.78, 5) is 14.8. The van der Waals surface area contributed by atoms with Gasteiger partial charge in [0.2, 0.25) is 0 Å². The Balaban J connectivity index is 1.88. The highest BCUT2D eigenvalue weighted by Gasteiger charge is 2.35. The number of anilines is 2. The molecule has 3 aromatic carbocycles. The molecule has 0 saturated carbocycles. The Morgan fingerprint density at radius 3 is 1.92 bits per heavy atom. The first-order valence-electron chi connectivity index (χ1n) is 8.36. The number of para-hydroxylation sites is 2. The first kappa shape index (κ1) is 15.5. The molecule has 0 saturated heterocycles. The van der Waals surface area contributed by atoms with Crippen molar-refractivity contribution in [2.75, 3.05) is 12.0 Å². The number of hydrogen-bond donors (Lipinski definition) is 0. The van der Waals surface area contributed by atoms with Crippen LogP contribution in [0.15, 0.2) is 78.9 Å². The zero-order chi connectivity index (χ0) is 17.2. The fourth-order valence-corrected chi connectivity index (χ4v) is 3.56. The van der Waals surface area contributed by atoms with E-state index in [1.54, 1.807) is 0 Å². The number of carbonyl (C=O) groups is 1. The molecule has 1 aliphatic rings. The van der Waals surface area contributed by atoms with E-state index in [1.807, 2.05) is 54.6 Å². The van der Waals surface area contributed by atoms with Crippen molar-refractivity contribution in [3.8, 4) is 0 Å². The van der Waals surface area contributed by atoms with Crippen LogP contribution in [-0.4, -0.2) is 13.1 Å². The largest absolute Gasteiger partial charge is 0.468 e. The molecule has 1 aliphatic heterocycles. The lowest BCUT2D eigenvalue weighted by molar-refractivity contribution is -0.141. The van der Waals surface area contributed by atoms with Crippen molar-refractivity contribution in [3.05, 3.63) is 95.6 Å². The molecule has 0 radical (unpaired) electrons. The highest BCUT2D eigenvalue weighted by atomic mass is 16.5. The van der Waals surface area contributed by atoms with Crippen molar-refractivity contribution < 1.29 is 9.53 Å². The van der Waals surface area contributed by atoms with Crippen LogP contribution in [0.2, 0.25) is 0 Å². The molecule has 4 rings (SSSR count). The van der Waals surface area contributed by atoms with Gasteiger partial charge in [-0.2, -0.15) is 0 Å². The molecule has 0 bridgehead atoms. The summed E-state index contributed by atoms with van der Waals surface area (Å²) in [7, 11) is 1.45. The van der Waals surface area contributed by atoms with Gasteiger partial charge in [0.25, 0.3) is 0 Å². The topological polar surface area (TPSA) is 29.5 Å². The van der Waals surface area contributed by atoms with Crippen molar-refractivity contribution in [1.82, 2.24) is 0 Å². The summed E-state index contributed by atoms with van der Waals surface area (Å²) >= 11 is 0. The third kappa shape index (κ3) is 2.68. The van der Waals surface area contributed by atoms with Gasteiger partial charge in [-0.3, -0.25) is 4.79 Å². The zero-order valence-corrected chi connectivity index (χ0v) is 14.1. The average Bonchev–Trinajstić information content (AvgIpc) is 2.68. The zero-order valence-electron chi connectivity index (χ0n) is 14.1. The quantitative estimate of drug-likeness (QED) is 0.656. The first-order chi connectivity index (χ1) is 12.3. The monoisotopic (exact) mass is 329 g/mol. The summed E-state index contributed by atoms with van der Waals surface area (Å²) in [6.45, 7) is 0.753. The van der Waals surface area contributed by atoms with Crippen molar-refractivity contribution in [1.29, 1.82) is 0 Å². The lowest BCUT2D eigenvalue weighted by atomic mass is 9.84. The third-order valence-electron chi connectivity index (χ3n) is 4.70. The minimum atomic E-state index is -0.385. The normalized spacial score (nSPS) is 13.1. The fourth-order valence-electron chi connectivity index (χ4n) is 3.56. The summed E-state index contributed by atoms with van der Waals surface area (Å²) < 4.78 is 5.10. The molecule has 0 N–H and O–H groups in total. The van der Waals surface area contributed by atoms with Crippen LogP contribution in [0.3, 0.4) is 0 Å². The molecular weight excluding hydrogens is 310 g/mol. The molecule has 0 fully saturated rings. The maximum absolute atomic E-state index is 12.5. The second kappa shape index (κ2) is 6.44. The van der Waals surface area contributed by atoms with Crippen LogP contribution in [0.1, 0.15) is 22.6 Å². The summed E-state index contributed by atoms with van der Waals surface area (Å²) in [5.74, 6) is -0.608. The molecule has 0 amide bonds. The van der Waals surface area contributed by atoms with Crippen LogP contribution in [0.5, 0.6) is 0 Å². The molecule has 0 atom stereocenters. The summed E-state index contributed by atoms with van der Waals surface area (Å²) in [5, 5.41) is 0. The van der Waals surface area contributed by atoms with Crippen LogP contribution in [0, 0.1) is 0 Å². The standard InChI is InChI=1S/C22H19NO2/c1-25-22(24)21-17-11-5-7-13-19(17)23(15-16-9-3-2-4-10-16)20-14-8-6-12-18(20)21/h2-14,21H,15H2,1H3. The summed E-state index contributed by atoms with van der Waals surface area (Å²) in [6, 6.07) is 26.5. The molecule has 0 unspecified atom stereocenters. The lowest BCUT2D eigenvalue weighted by Crippen LogP contribution is -2.28. The van der Waals surface area contributed by atoms with Crippen molar-refractivity contribution in [3.63, 3.8) is 0 Å². The average molecular weight is 329 g/mol. The molecule has 0 aromatic heterocycles. The number of rotatable bonds is 3. The van der Waals surface area contributed by atoms with Gasteiger partial charge in [0.05, 0.1) is 7.11 Å². The Morgan fingerprint density at radius 2 is 1.36 bits per heavy atom. The van der Waals surface area contributed by atoms with Crippen LogP contribution in [-0.2, 0) is 16.1 Å². The Labute approximate surface area is 147 Å². The molecule has 1 heterocycles. The Hall–Kier alpha value is -3.07. The molecule has 0 aliphatic carbocycles. The van der Waals surface area contributed by atoms with E-state index in [4.69, 9.17) is 4.74 Å². The van der Waals surface area contributed by atoms with Gasteiger partial charge in [-0.1, -0.05) is 66.7 Å². The van der Waals surface area contributed by atoms with Gasteiger partial charge in [0.1, 0.15) is 5.92 Å². The second-order valence-corrected chi connectivity index (χ2v) is 6.15. The number of carbonyl (C=O) groups excluding carboxylic acids is 1. The third-order valence-corrected chi connectivity index (χ3v) is 4.70. The summed E-state index contributed by atoms with van der Waals surface area (Å²) in [6.07, 6.45) is 0. The number of hydrogen-bond acceptors (Lipinski definition) is 3. The van der Waals surface area contributed by atoms with E-state index in [0.717, 1.165) is 29.0 Å². The van der Waals surface area contributed by atoms with Crippen LogP contribution >= 0.6 is 0 Å². The van der Waals surface area contributed by atoms with E-state index in [1.165, 1.54) is 12.7 Å². The van der Waals surface area contributed by atoms with Gasteiger partial charge >= 0.3 is 5.97 Å². The van der Waals surface area contributed by atoms with Gasteiger partial charge in [-0.15, -0.1) is 0 Å². The van der Waals surface area contributed by atoms with E-state index in [9.17, 15) is 4.79 Å². The van der Waals surface area contributed by atoms with Crippen molar-refractivity contribution in [2.24, 2.45) is 0 Å². The summed E-state index contributed by atoms with van der Waals surface area (Å²) in [5.41, 5.74) is 5.32. The number of benzene rings is 3. The maximum atomic E-state index is 12.5. The Bertz CT molecular complexity index is 857. The lowest BCUT2D eigenvalue weighted by Gasteiger charge is -2.36. The molecule has 3 nitrogen and oxygen atoms in total. The highest BCUT2D eigenvalue weighted by molar-refractivity contribution is 5.91. The Kier molecular flexibility index (Phi) is 3.98. The second-order valence-electron chi connectivity index (χ2n) is 6.15. The molecule has 0 spiro atoms. The van der Waals surface area contributed by atoms with E-state index in [2.05, 4.69) is 29.2 Å². The minimum Gasteiger partial charge on any atom is -0.468 e. The van der Waals surface area contributed by atoms with Gasteiger partial charge in [-0.25, -0.2) is 0 Å². The number of fused-ring (bicyclic) bond motifs is 2. The van der Waals surface area contributed by atoms with E-state index >= 15 is 0 Å². The number of nitrogens with zero attached hydrogens (tertiary/aromatic N) is 1. The molecule has 25 heavy (non-hydrogen) atoms. The first-order valence-corrected chi connectivity index (χ1v) is 8.36. The Morgan fingerprint density at radius 1 is 0.840 bits per heavy atom. The van der Waals surface area contributed by atoms with Gasteiger partial charge in [-0.05, 0) is 28.8 Å². The fraction of sp³-hybridized carbons (Fsp3) is 0.136. The van der Waals surface area contributed by atoms with Gasteiger partial charge in [0.15, 0.2) is 0 Å². The molecule has 3 heteroatoms. The van der Waals surface area contributed by atoms with Crippen LogP contribution in [0.4, 0.5) is 11.4 Å². The van der Waals surface area contributed by atoms with E-state index in [-0.39, 0.29) is 11.9 Å². The predicted molar refractivity (Wildman–Crippen MR) is 99.0 cm³/mol. The number of ether oxygens (including phenoxy) is 1. The number of esters is 1.